The Morgan fingerprint density at radius 2 is 1.90 bits per heavy atom. The summed E-state index contributed by atoms with van der Waals surface area (Å²) in [7, 11) is 0. The molecule has 3 heterocycles. The maximum absolute atomic E-state index is 10.6. The topological polar surface area (TPSA) is 171 Å². The number of anilines is 1. The minimum absolute atomic E-state index is 0.258. The highest BCUT2D eigenvalue weighted by Gasteiger charge is 2.44. The average Bonchev–Trinajstić information content (AvgIpc) is 3.26. The van der Waals surface area contributed by atoms with Gasteiger partial charge in [-0.25, -0.2) is 15.0 Å². The minimum Gasteiger partial charge on any atom is -0.387 e. The van der Waals surface area contributed by atoms with Crippen molar-refractivity contribution in [3.05, 3.63) is 12.7 Å². The number of unbranched alkanes of at least 4 members (excludes halogenated alkanes) is 2. The Labute approximate surface area is 174 Å². The van der Waals surface area contributed by atoms with Gasteiger partial charge in [-0.1, -0.05) is 12.8 Å². The first-order valence-electron chi connectivity index (χ1n) is 10.0. The van der Waals surface area contributed by atoms with E-state index in [4.69, 9.17) is 21.9 Å². The molecule has 0 amide bonds. The third-order valence-corrected chi connectivity index (χ3v) is 6.68. The van der Waals surface area contributed by atoms with Crippen LogP contribution in [-0.4, -0.2) is 72.1 Å². The molecule has 0 unspecified atom stereocenters. The second-order valence-electron chi connectivity index (χ2n) is 7.30. The van der Waals surface area contributed by atoms with E-state index in [1.807, 2.05) is 0 Å². The van der Waals surface area contributed by atoms with Crippen molar-refractivity contribution in [1.29, 1.82) is 0 Å². The lowest BCUT2D eigenvalue weighted by Gasteiger charge is -2.20. The van der Waals surface area contributed by atoms with Gasteiger partial charge in [0.15, 0.2) is 17.7 Å². The molecule has 8 N–H and O–H groups in total. The van der Waals surface area contributed by atoms with E-state index >= 15 is 0 Å². The second-order valence-corrected chi connectivity index (χ2v) is 8.63. The van der Waals surface area contributed by atoms with Crippen LogP contribution >= 0.6 is 11.8 Å². The number of aliphatic hydroxyl groups excluding tert-OH is 2. The van der Waals surface area contributed by atoms with E-state index < -0.39 is 24.5 Å². The van der Waals surface area contributed by atoms with Crippen molar-refractivity contribution in [2.45, 2.75) is 61.9 Å². The predicted octanol–water partition coefficient (Wildman–Crippen LogP) is -0.00260. The fraction of sp³-hybridized carbons (Fsp3) is 0.722. The third-order valence-electron chi connectivity index (χ3n) is 5.21. The van der Waals surface area contributed by atoms with Crippen molar-refractivity contribution in [3.63, 3.8) is 0 Å². The van der Waals surface area contributed by atoms with Crippen LogP contribution in [0, 0.1) is 0 Å². The summed E-state index contributed by atoms with van der Waals surface area (Å²) in [5.41, 5.74) is 18.0. The van der Waals surface area contributed by atoms with Crippen molar-refractivity contribution in [3.8, 4) is 0 Å². The smallest absolute Gasteiger partial charge is 0.167 e. The van der Waals surface area contributed by atoms with Crippen LogP contribution < -0.4 is 17.2 Å². The average molecular weight is 426 g/mol. The lowest BCUT2D eigenvalue weighted by molar-refractivity contribution is -0.0289. The molecule has 3 rings (SSSR count). The molecule has 0 aromatic carbocycles. The summed E-state index contributed by atoms with van der Waals surface area (Å²) in [6.45, 7) is 1.34. The zero-order chi connectivity index (χ0) is 20.8. The molecule has 1 saturated heterocycles. The molecule has 1 aliphatic heterocycles. The molecule has 11 heteroatoms. The lowest BCUT2D eigenvalue weighted by atomic mass is 10.1. The van der Waals surface area contributed by atoms with Gasteiger partial charge >= 0.3 is 0 Å². The Kier molecular flexibility index (Phi) is 8.04. The van der Waals surface area contributed by atoms with Crippen LogP contribution in [0.3, 0.4) is 0 Å². The molecule has 162 valence electrons. The molecule has 2 aromatic heterocycles. The molecule has 29 heavy (non-hydrogen) atoms. The molecule has 0 spiro atoms. The number of imidazole rings is 1. The maximum atomic E-state index is 10.6. The number of nitrogens with zero attached hydrogens (tertiary/aromatic N) is 4. The van der Waals surface area contributed by atoms with Crippen molar-refractivity contribution in [2.75, 3.05) is 24.6 Å². The van der Waals surface area contributed by atoms with Crippen molar-refractivity contribution < 1.29 is 14.9 Å². The van der Waals surface area contributed by atoms with Gasteiger partial charge in [0, 0.05) is 11.0 Å². The summed E-state index contributed by atoms with van der Waals surface area (Å²) in [6.07, 6.45) is 4.68. The predicted molar refractivity (Wildman–Crippen MR) is 113 cm³/mol. The first-order valence-corrected chi connectivity index (χ1v) is 11.1. The van der Waals surface area contributed by atoms with Gasteiger partial charge in [-0.05, 0) is 32.4 Å². The summed E-state index contributed by atoms with van der Waals surface area (Å²) in [5.74, 6) is 0.827. The van der Waals surface area contributed by atoms with E-state index in [1.165, 1.54) is 12.7 Å². The number of aromatic nitrogens is 4. The van der Waals surface area contributed by atoms with Crippen molar-refractivity contribution >= 4 is 28.7 Å². The Balaban J connectivity index is 1.62. The van der Waals surface area contributed by atoms with Gasteiger partial charge in [0.25, 0.3) is 0 Å². The summed E-state index contributed by atoms with van der Waals surface area (Å²) in [4.78, 5) is 12.3. The number of ether oxygens (including phenoxy) is 1. The number of hydrogen-bond donors (Lipinski definition) is 5. The Morgan fingerprint density at radius 1 is 1.07 bits per heavy atom. The number of thioether (sulfide) groups is 1. The zero-order valence-corrected chi connectivity index (χ0v) is 17.2. The van der Waals surface area contributed by atoms with E-state index in [1.54, 1.807) is 16.3 Å². The van der Waals surface area contributed by atoms with Crippen LogP contribution in [0.4, 0.5) is 5.82 Å². The lowest BCUT2D eigenvalue weighted by Crippen LogP contribution is -2.33. The van der Waals surface area contributed by atoms with Crippen LogP contribution in [-0.2, 0) is 4.74 Å². The van der Waals surface area contributed by atoms with Gasteiger partial charge in [0.2, 0.25) is 0 Å². The van der Waals surface area contributed by atoms with E-state index in [2.05, 4.69) is 15.0 Å². The molecular weight excluding hydrogens is 394 g/mol. The molecule has 5 atom stereocenters. The Hall–Kier alpha value is -1.50. The minimum atomic E-state index is -1.09. The van der Waals surface area contributed by atoms with Gasteiger partial charge in [-0.15, -0.1) is 0 Å². The first kappa shape index (κ1) is 22.2. The fourth-order valence-corrected chi connectivity index (χ4v) is 4.95. The Bertz CT molecular complexity index is 777. The van der Waals surface area contributed by atoms with E-state index in [9.17, 15) is 10.2 Å². The fourth-order valence-electron chi connectivity index (χ4n) is 3.57. The summed E-state index contributed by atoms with van der Waals surface area (Å²) >= 11 is 1.73. The molecule has 0 saturated carbocycles. The molecular formula is C18H31N7O3S. The standard InChI is InChI=1S/C18H31N7O3S/c19-6-3-1-2-4-11(5-7-20)29-8-12-14(26)15(27)18(28-12)25-10-24-13-16(21)22-9-23-17(13)25/h9-12,14-15,18,26-27H,1-8,19-20H2,(H2,21,22,23)/t11-,12-,14+,15+,18-/m0/s1. The first-order chi connectivity index (χ1) is 14.1. The van der Waals surface area contributed by atoms with Crippen LogP contribution in [0.5, 0.6) is 0 Å². The van der Waals surface area contributed by atoms with Gasteiger partial charge < -0.3 is 32.2 Å². The highest BCUT2D eigenvalue weighted by Crippen LogP contribution is 2.34. The number of aliphatic hydroxyl groups is 2. The number of hydrogen-bond acceptors (Lipinski definition) is 10. The molecule has 1 fully saturated rings. The summed E-state index contributed by atoms with van der Waals surface area (Å²) in [5, 5.41) is 21.5. The molecule has 2 aromatic rings. The number of fused-ring (bicyclic) bond motifs is 1. The van der Waals surface area contributed by atoms with Gasteiger partial charge in [0.1, 0.15) is 24.1 Å². The number of nitrogens with two attached hydrogens (primary N) is 3. The monoisotopic (exact) mass is 425 g/mol. The molecule has 0 bridgehead atoms. The molecule has 1 aliphatic rings. The van der Waals surface area contributed by atoms with Crippen LogP contribution in [0.1, 0.15) is 38.3 Å². The van der Waals surface area contributed by atoms with Crippen molar-refractivity contribution in [1.82, 2.24) is 19.5 Å². The summed E-state index contributed by atoms with van der Waals surface area (Å²) < 4.78 is 7.60. The SMILES string of the molecule is NCCCCC[C@@H](CCN)SC[C@@H]1O[C@H](n2cnc3c(N)ncnc32)[C@H](O)[C@@H]1O. The number of rotatable bonds is 11. The van der Waals surface area contributed by atoms with Crippen molar-refractivity contribution in [2.24, 2.45) is 11.5 Å². The van der Waals surface area contributed by atoms with Gasteiger partial charge in [0.05, 0.1) is 12.4 Å². The zero-order valence-electron chi connectivity index (χ0n) is 16.4. The number of nitrogen functional groups attached to an aromatic ring is 1. The molecule has 10 nitrogen and oxygen atoms in total. The van der Waals surface area contributed by atoms with Crippen LogP contribution in [0.2, 0.25) is 0 Å². The highest BCUT2D eigenvalue weighted by atomic mass is 32.2. The van der Waals surface area contributed by atoms with Crippen LogP contribution in [0.25, 0.3) is 11.2 Å². The highest BCUT2D eigenvalue weighted by molar-refractivity contribution is 7.99. The quantitative estimate of drug-likeness (QED) is 0.308. The largest absolute Gasteiger partial charge is 0.387 e. The Morgan fingerprint density at radius 3 is 2.66 bits per heavy atom. The van der Waals surface area contributed by atoms with Gasteiger partial charge in [-0.3, -0.25) is 4.57 Å². The molecule has 0 aliphatic carbocycles. The normalized spacial score (nSPS) is 25.7. The van der Waals surface area contributed by atoms with Crippen LogP contribution in [0.15, 0.2) is 12.7 Å². The third kappa shape index (κ3) is 5.16. The molecule has 0 radical (unpaired) electrons. The van der Waals surface area contributed by atoms with E-state index in [0.717, 1.165) is 38.6 Å². The second kappa shape index (κ2) is 10.5. The van der Waals surface area contributed by atoms with Gasteiger partial charge in [-0.2, -0.15) is 11.8 Å². The summed E-state index contributed by atoms with van der Waals surface area (Å²) in [6, 6.07) is 0. The maximum Gasteiger partial charge on any atom is 0.167 e. The van der Waals surface area contributed by atoms with E-state index in [0.29, 0.717) is 28.7 Å². The van der Waals surface area contributed by atoms with E-state index in [-0.39, 0.29) is 5.82 Å².